The molecule has 0 aromatic heterocycles. The lowest BCUT2D eigenvalue weighted by molar-refractivity contribution is -0.0586. The van der Waals surface area contributed by atoms with E-state index in [1.165, 1.54) is 12.1 Å². The van der Waals surface area contributed by atoms with E-state index in [2.05, 4.69) is 4.72 Å². The van der Waals surface area contributed by atoms with Crippen LogP contribution in [0, 0.1) is 13.8 Å². The maximum atomic E-state index is 13.0. The molecule has 3 rings (SSSR count). The number of aryl methyl sites for hydroxylation is 2. The first-order chi connectivity index (χ1) is 13.2. The number of rotatable bonds is 4. The van der Waals surface area contributed by atoms with Crippen molar-refractivity contribution in [2.75, 3.05) is 17.8 Å². The van der Waals surface area contributed by atoms with Gasteiger partial charge in [0.2, 0.25) is 0 Å². The number of hydrogen-bond acceptors (Lipinski definition) is 4. The zero-order chi connectivity index (χ0) is 20.5. The topological polar surface area (TPSA) is 75.7 Å². The van der Waals surface area contributed by atoms with Crippen LogP contribution in [0.4, 0.5) is 5.69 Å². The van der Waals surface area contributed by atoms with Crippen molar-refractivity contribution in [3.8, 4) is 0 Å². The molecule has 1 fully saturated rings. The number of nitrogens with one attached hydrogen (secondary N) is 1. The highest BCUT2D eigenvalue weighted by Gasteiger charge is 2.28. The molecule has 150 valence electrons. The van der Waals surface area contributed by atoms with Gasteiger partial charge in [-0.15, -0.1) is 0 Å². The van der Waals surface area contributed by atoms with Crippen molar-refractivity contribution < 1.29 is 17.9 Å². The Morgan fingerprint density at radius 3 is 2.25 bits per heavy atom. The number of benzene rings is 2. The van der Waals surface area contributed by atoms with E-state index in [1.54, 1.807) is 23.1 Å². The van der Waals surface area contributed by atoms with Crippen LogP contribution < -0.4 is 4.72 Å². The third-order valence-corrected chi connectivity index (χ3v) is 6.14. The van der Waals surface area contributed by atoms with Crippen LogP contribution in [0.15, 0.2) is 47.4 Å². The molecule has 7 heteroatoms. The van der Waals surface area contributed by atoms with E-state index in [1.807, 2.05) is 39.8 Å². The van der Waals surface area contributed by atoms with Gasteiger partial charge in [0, 0.05) is 24.3 Å². The van der Waals surface area contributed by atoms with Crippen LogP contribution in [0.2, 0.25) is 0 Å². The molecule has 2 aromatic carbocycles. The van der Waals surface area contributed by atoms with E-state index >= 15 is 0 Å². The van der Waals surface area contributed by atoms with Crippen molar-refractivity contribution in [2.45, 2.75) is 44.8 Å². The Morgan fingerprint density at radius 2 is 1.64 bits per heavy atom. The molecule has 1 amide bonds. The van der Waals surface area contributed by atoms with E-state index in [-0.39, 0.29) is 23.0 Å². The quantitative estimate of drug-likeness (QED) is 0.851. The van der Waals surface area contributed by atoms with E-state index < -0.39 is 10.0 Å². The van der Waals surface area contributed by atoms with Crippen molar-refractivity contribution in [3.05, 3.63) is 59.2 Å². The summed E-state index contributed by atoms with van der Waals surface area (Å²) in [4.78, 5) is 14.8. The van der Waals surface area contributed by atoms with Crippen LogP contribution in [0.1, 0.15) is 35.3 Å². The Morgan fingerprint density at radius 1 is 1.04 bits per heavy atom. The summed E-state index contributed by atoms with van der Waals surface area (Å²) in [6.45, 7) is 8.57. The second-order valence-corrected chi connectivity index (χ2v) is 9.10. The average Bonchev–Trinajstić information content (AvgIpc) is 2.62. The Balaban J connectivity index is 1.88. The van der Waals surface area contributed by atoms with E-state index in [4.69, 9.17) is 4.74 Å². The van der Waals surface area contributed by atoms with Crippen molar-refractivity contribution in [2.24, 2.45) is 0 Å². The first kappa shape index (κ1) is 20.4. The lowest BCUT2D eigenvalue weighted by Gasteiger charge is -2.35. The minimum absolute atomic E-state index is 0.0527. The van der Waals surface area contributed by atoms with Gasteiger partial charge < -0.3 is 9.64 Å². The Bertz CT molecular complexity index is 960. The van der Waals surface area contributed by atoms with E-state index in [0.717, 1.165) is 11.1 Å². The second-order valence-electron chi connectivity index (χ2n) is 7.42. The van der Waals surface area contributed by atoms with Gasteiger partial charge in [0.15, 0.2) is 0 Å². The van der Waals surface area contributed by atoms with Gasteiger partial charge >= 0.3 is 0 Å². The van der Waals surface area contributed by atoms with Crippen LogP contribution in [-0.4, -0.2) is 44.5 Å². The van der Waals surface area contributed by atoms with Crippen LogP contribution in [-0.2, 0) is 14.8 Å². The molecule has 1 saturated heterocycles. The molecule has 2 aromatic rings. The second kappa shape index (κ2) is 7.93. The maximum Gasteiger partial charge on any atom is 0.261 e. The molecular formula is C21H26N2O4S. The van der Waals surface area contributed by atoms with E-state index in [9.17, 15) is 13.2 Å². The molecule has 0 unspecified atom stereocenters. The number of hydrogen-bond donors (Lipinski definition) is 1. The van der Waals surface area contributed by atoms with Crippen molar-refractivity contribution in [1.82, 2.24) is 4.90 Å². The molecule has 0 bridgehead atoms. The number of carbonyl (C=O) groups excluding carboxylic acids is 1. The molecular weight excluding hydrogens is 376 g/mol. The third-order valence-electron chi connectivity index (χ3n) is 4.76. The SMILES string of the molecule is Cc1ccc(NS(=O)(=O)c2ccc(C)c(C(=O)N3C[C@@H](C)O[C@@H](C)C3)c2)cc1. The Kier molecular flexibility index (Phi) is 5.76. The molecule has 0 radical (unpaired) electrons. The average molecular weight is 403 g/mol. The standard InChI is InChI=1S/C21H26N2O4S/c1-14-5-8-18(9-6-14)22-28(25,26)19-10-7-15(2)20(11-19)21(24)23-12-16(3)27-17(4)13-23/h5-11,16-17,22H,12-13H2,1-4H3/t16-,17+. The number of anilines is 1. The largest absolute Gasteiger partial charge is 0.372 e. The summed E-state index contributed by atoms with van der Waals surface area (Å²) < 4.78 is 33.8. The fourth-order valence-electron chi connectivity index (χ4n) is 3.35. The fourth-order valence-corrected chi connectivity index (χ4v) is 4.43. The van der Waals surface area contributed by atoms with Gasteiger partial charge in [-0.05, 0) is 57.5 Å². The Hall–Kier alpha value is -2.38. The summed E-state index contributed by atoms with van der Waals surface area (Å²) in [5.41, 5.74) is 2.66. The molecule has 2 atom stereocenters. The zero-order valence-electron chi connectivity index (χ0n) is 16.6. The van der Waals surface area contributed by atoms with Crippen LogP contribution in [0.25, 0.3) is 0 Å². The summed E-state index contributed by atoms with van der Waals surface area (Å²) in [6.07, 6.45) is -0.105. The highest BCUT2D eigenvalue weighted by molar-refractivity contribution is 7.92. The van der Waals surface area contributed by atoms with Crippen molar-refractivity contribution in [1.29, 1.82) is 0 Å². The fraction of sp³-hybridized carbons (Fsp3) is 0.381. The smallest absolute Gasteiger partial charge is 0.261 e. The number of amides is 1. The third kappa shape index (κ3) is 4.54. The minimum atomic E-state index is -3.80. The van der Waals surface area contributed by atoms with Crippen molar-refractivity contribution >= 4 is 21.6 Å². The minimum Gasteiger partial charge on any atom is -0.372 e. The number of nitrogens with zero attached hydrogens (tertiary/aromatic N) is 1. The van der Waals surface area contributed by atoms with E-state index in [0.29, 0.717) is 24.3 Å². The predicted molar refractivity (Wildman–Crippen MR) is 109 cm³/mol. The molecule has 0 aliphatic carbocycles. The first-order valence-electron chi connectivity index (χ1n) is 9.30. The number of sulfonamides is 1. The highest BCUT2D eigenvalue weighted by Crippen LogP contribution is 2.22. The predicted octanol–water partition coefficient (Wildman–Crippen LogP) is 3.35. The molecule has 1 heterocycles. The summed E-state index contributed by atoms with van der Waals surface area (Å²) in [5, 5.41) is 0. The maximum absolute atomic E-state index is 13.0. The zero-order valence-corrected chi connectivity index (χ0v) is 17.4. The van der Waals surface area contributed by atoms with Gasteiger partial charge in [-0.25, -0.2) is 8.42 Å². The van der Waals surface area contributed by atoms with Gasteiger partial charge in [0.05, 0.1) is 17.1 Å². The van der Waals surface area contributed by atoms with Gasteiger partial charge in [-0.1, -0.05) is 23.8 Å². The van der Waals surface area contributed by atoms with Gasteiger partial charge in [0.25, 0.3) is 15.9 Å². The number of ether oxygens (including phenoxy) is 1. The van der Waals surface area contributed by atoms with Crippen LogP contribution in [0.5, 0.6) is 0 Å². The highest BCUT2D eigenvalue weighted by atomic mass is 32.2. The number of carbonyl (C=O) groups is 1. The summed E-state index contributed by atoms with van der Waals surface area (Å²) >= 11 is 0. The van der Waals surface area contributed by atoms with Gasteiger partial charge in [-0.2, -0.15) is 0 Å². The molecule has 1 N–H and O–H groups in total. The molecule has 1 aliphatic heterocycles. The summed E-state index contributed by atoms with van der Waals surface area (Å²) in [7, 11) is -3.80. The monoisotopic (exact) mass is 402 g/mol. The van der Waals surface area contributed by atoms with Gasteiger partial charge in [-0.3, -0.25) is 9.52 Å². The molecule has 28 heavy (non-hydrogen) atoms. The normalized spacial score (nSPS) is 20.1. The molecule has 0 saturated carbocycles. The van der Waals surface area contributed by atoms with Gasteiger partial charge in [0.1, 0.15) is 0 Å². The summed E-state index contributed by atoms with van der Waals surface area (Å²) in [6, 6.07) is 11.7. The van der Waals surface area contributed by atoms with Crippen molar-refractivity contribution in [3.63, 3.8) is 0 Å². The molecule has 1 aliphatic rings. The Labute approximate surface area is 166 Å². The summed E-state index contributed by atoms with van der Waals surface area (Å²) in [5.74, 6) is -0.174. The lowest BCUT2D eigenvalue weighted by Crippen LogP contribution is -2.48. The van der Waals surface area contributed by atoms with Crippen LogP contribution >= 0.6 is 0 Å². The van der Waals surface area contributed by atoms with Crippen LogP contribution in [0.3, 0.4) is 0 Å². The lowest BCUT2D eigenvalue weighted by atomic mass is 10.1. The molecule has 0 spiro atoms. The first-order valence-corrected chi connectivity index (χ1v) is 10.8. The number of morpholine rings is 1. The molecule has 6 nitrogen and oxygen atoms in total.